The van der Waals surface area contributed by atoms with Gasteiger partial charge in [-0.15, -0.1) is 0 Å². The second kappa shape index (κ2) is 5.83. The Labute approximate surface area is 98.8 Å². The predicted molar refractivity (Wildman–Crippen MR) is 60.7 cm³/mol. The molecule has 0 saturated heterocycles. The molecule has 0 radical (unpaired) electrons. The van der Waals surface area contributed by atoms with Crippen molar-refractivity contribution >= 4 is 9.84 Å². The molecule has 0 aromatic carbocycles. The van der Waals surface area contributed by atoms with Crippen LogP contribution in [0.15, 0.2) is 21.5 Å². The average molecular weight is 262 g/mol. The number of rotatable bonds is 6. The molecule has 0 bridgehead atoms. The first kappa shape index (κ1) is 13.7. The summed E-state index contributed by atoms with van der Waals surface area (Å²) in [6.45, 7) is 1.07. The van der Waals surface area contributed by atoms with Gasteiger partial charge in [-0.25, -0.2) is 8.42 Å². The minimum Gasteiger partial charge on any atom is -0.486 e. The second-order valence-electron chi connectivity index (χ2n) is 3.32. The van der Waals surface area contributed by atoms with E-state index < -0.39 is 15.3 Å². The van der Waals surface area contributed by atoms with Gasteiger partial charge in [0, 0.05) is 11.8 Å². The summed E-state index contributed by atoms with van der Waals surface area (Å²) in [6, 6.07) is 1.10. The van der Waals surface area contributed by atoms with E-state index >= 15 is 0 Å². The van der Waals surface area contributed by atoms with Crippen molar-refractivity contribution in [3.8, 4) is 5.75 Å². The molecule has 1 rings (SSSR count). The van der Waals surface area contributed by atoms with Crippen LogP contribution >= 0.6 is 0 Å². The lowest BCUT2D eigenvalue weighted by Crippen LogP contribution is -2.18. The highest BCUT2D eigenvalue weighted by atomic mass is 32.2. The minimum atomic E-state index is -3.11. The summed E-state index contributed by atoms with van der Waals surface area (Å²) in [6.07, 6.45) is 1.06. The Morgan fingerprint density at radius 2 is 2.18 bits per heavy atom. The van der Waals surface area contributed by atoms with Gasteiger partial charge in [0.05, 0.1) is 5.75 Å². The van der Waals surface area contributed by atoms with Gasteiger partial charge in [0.15, 0.2) is 9.84 Å². The van der Waals surface area contributed by atoms with E-state index in [0.717, 1.165) is 12.3 Å². The molecule has 7 heteroatoms. The third-order valence-electron chi connectivity index (χ3n) is 2.10. The zero-order chi connectivity index (χ0) is 12.9. The SMILES string of the molecule is CCS(=O)(=O)CCOc1coc(CO)cc1=O. The zero-order valence-electron chi connectivity index (χ0n) is 9.38. The topological polar surface area (TPSA) is 93.8 Å². The van der Waals surface area contributed by atoms with Crippen molar-refractivity contribution in [1.29, 1.82) is 0 Å². The van der Waals surface area contributed by atoms with Crippen LogP contribution in [0.5, 0.6) is 5.75 Å². The van der Waals surface area contributed by atoms with Crippen molar-refractivity contribution in [2.45, 2.75) is 13.5 Å². The second-order valence-corrected chi connectivity index (χ2v) is 5.79. The normalized spacial score (nSPS) is 11.4. The van der Waals surface area contributed by atoms with Crippen molar-refractivity contribution in [1.82, 2.24) is 0 Å². The Morgan fingerprint density at radius 3 is 2.71 bits per heavy atom. The van der Waals surface area contributed by atoms with Crippen LogP contribution < -0.4 is 10.2 Å². The maximum absolute atomic E-state index is 11.4. The first-order valence-corrected chi connectivity index (χ1v) is 6.86. The summed E-state index contributed by atoms with van der Waals surface area (Å²) in [5.41, 5.74) is -0.450. The highest BCUT2D eigenvalue weighted by molar-refractivity contribution is 7.91. The number of ether oxygens (including phenoxy) is 1. The Balaban J connectivity index is 2.62. The minimum absolute atomic E-state index is 0.0361. The number of aliphatic hydroxyl groups is 1. The van der Waals surface area contributed by atoms with E-state index in [9.17, 15) is 13.2 Å². The standard InChI is InChI=1S/C10H14O6S/c1-2-17(13,14)4-3-15-10-7-16-8(6-11)5-9(10)12/h5,7,11H,2-4,6H2,1H3. The fraction of sp³-hybridized carbons (Fsp3) is 0.500. The number of hydrogen-bond acceptors (Lipinski definition) is 6. The Morgan fingerprint density at radius 1 is 1.47 bits per heavy atom. The molecule has 0 aliphatic heterocycles. The number of sulfone groups is 1. The van der Waals surface area contributed by atoms with Gasteiger partial charge in [0.25, 0.3) is 0 Å². The first-order valence-electron chi connectivity index (χ1n) is 5.04. The molecule has 0 unspecified atom stereocenters. The maximum atomic E-state index is 11.4. The lowest BCUT2D eigenvalue weighted by Gasteiger charge is -2.05. The lowest BCUT2D eigenvalue weighted by molar-refractivity contribution is 0.238. The third-order valence-corrected chi connectivity index (χ3v) is 3.77. The van der Waals surface area contributed by atoms with Gasteiger partial charge in [-0.1, -0.05) is 6.92 Å². The average Bonchev–Trinajstić information content (AvgIpc) is 2.31. The van der Waals surface area contributed by atoms with Crippen LogP contribution in [0.1, 0.15) is 12.7 Å². The van der Waals surface area contributed by atoms with E-state index in [0.29, 0.717) is 0 Å². The van der Waals surface area contributed by atoms with Gasteiger partial charge in [-0.3, -0.25) is 4.79 Å². The molecule has 96 valence electrons. The molecule has 0 aliphatic carbocycles. The summed E-state index contributed by atoms with van der Waals surface area (Å²) in [4.78, 5) is 11.4. The van der Waals surface area contributed by atoms with Crippen LogP contribution in [0.4, 0.5) is 0 Å². The summed E-state index contributed by atoms with van der Waals surface area (Å²) in [5.74, 6) is -0.0453. The largest absolute Gasteiger partial charge is 0.486 e. The van der Waals surface area contributed by atoms with E-state index in [1.165, 1.54) is 0 Å². The Kier molecular flexibility index (Phi) is 4.71. The predicted octanol–water partition coefficient (Wildman–Crippen LogP) is -0.0544. The van der Waals surface area contributed by atoms with Crippen molar-refractivity contribution < 1.29 is 22.7 Å². The van der Waals surface area contributed by atoms with Crippen LogP contribution in [-0.2, 0) is 16.4 Å². The molecule has 0 amide bonds. The van der Waals surface area contributed by atoms with Gasteiger partial charge >= 0.3 is 0 Å². The fourth-order valence-electron chi connectivity index (χ4n) is 1.05. The number of hydrogen-bond donors (Lipinski definition) is 1. The third kappa shape index (κ3) is 4.20. The van der Waals surface area contributed by atoms with Crippen molar-refractivity contribution in [3.63, 3.8) is 0 Å². The van der Waals surface area contributed by atoms with Crippen LogP contribution in [-0.4, -0.2) is 31.6 Å². The van der Waals surface area contributed by atoms with Crippen LogP contribution in [0, 0.1) is 0 Å². The van der Waals surface area contributed by atoms with Crippen molar-refractivity contribution in [2.75, 3.05) is 18.1 Å². The molecule has 17 heavy (non-hydrogen) atoms. The number of aliphatic hydroxyl groups excluding tert-OH is 1. The van der Waals surface area contributed by atoms with E-state index in [1.807, 2.05) is 0 Å². The van der Waals surface area contributed by atoms with E-state index in [2.05, 4.69) is 0 Å². The molecule has 1 aromatic rings. The van der Waals surface area contributed by atoms with Gasteiger partial charge in [-0.2, -0.15) is 0 Å². The van der Waals surface area contributed by atoms with Crippen LogP contribution in [0.2, 0.25) is 0 Å². The van der Waals surface area contributed by atoms with E-state index in [-0.39, 0.29) is 36.2 Å². The first-order chi connectivity index (χ1) is 7.98. The van der Waals surface area contributed by atoms with Crippen molar-refractivity contribution in [2.24, 2.45) is 0 Å². The summed E-state index contributed by atoms with van der Waals surface area (Å²) in [7, 11) is -3.11. The monoisotopic (exact) mass is 262 g/mol. The van der Waals surface area contributed by atoms with Gasteiger partial charge in [0.1, 0.15) is 25.2 Å². The quantitative estimate of drug-likeness (QED) is 0.772. The maximum Gasteiger partial charge on any atom is 0.227 e. The van der Waals surface area contributed by atoms with Crippen LogP contribution in [0.25, 0.3) is 0 Å². The highest BCUT2D eigenvalue weighted by Gasteiger charge is 2.09. The fourth-order valence-corrected chi connectivity index (χ4v) is 1.68. The Bertz CT molecular complexity index is 516. The zero-order valence-corrected chi connectivity index (χ0v) is 10.2. The molecule has 0 spiro atoms. The molecular weight excluding hydrogens is 248 g/mol. The van der Waals surface area contributed by atoms with Gasteiger partial charge < -0.3 is 14.3 Å². The summed E-state index contributed by atoms with van der Waals surface area (Å²) < 4.78 is 32.2. The summed E-state index contributed by atoms with van der Waals surface area (Å²) in [5, 5.41) is 8.71. The Hall–Kier alpha value is -1.34. The molecule has 1 N–H and O–H groups in total. The molecule has 6 nitrogen and oxygen atoms in total. The van der Waals surface area contributed by atoms with E-state index in [1.54, 1.807) is 6.92 Å². The van der Waals surface area contributed by atoms with Gasteiger partial charge in [0.2, 0.25) is 11.2 Å². The van der Waals surface area contributed by atoms with E-state index in [4.69, 9.17) is 14.3 Å². The smallest absolute Gasteiger partial charge is 0.227 e. The molecule has 0 saturated carbocycles. The molecule has 0 fully saturated rings. The molecule has 1 aromatic heterocycles. The van der Waals surface area contributed by atoms with Crippen molar-refractivity contribution in [3.05, 3.63) is 28.3 Å². The molecular formula is C10H14O6S. The molecule has 0 atom stereocenters. The van der Waals surface area contributed by atoms with Gasteiger partial charge in [-0.05, 0) is 0 Å². The molecule has 1 heterocycles. The van der Waals surface area contributed by atoms with Crippen LogP contribution in [0.3, 0.4) is 0 Å². The summed E-state index contributed by atoms with van der Waals surface area (Å²) >= 11 is 0. The molecule has 0 aliphatic rings. The lowest BCUT2D eigenvalue weighted by atomic mass is 10.4. The highest BCUT2D eigenvalue weighted by Crippen LogP contribution is 2.06.